The number of rotatable bonds is 4. The predicted molar refractivity (Wildman–Crippen MR) is 77.9 cm³/mol. The number of hydrogen-bond acceptors (Lipinski definition) is 6. The number of nitrogens with two attached hydrogens (primary N) is 1. The first kappa shape index (κ1) is 13.6. The van der Waals surface area contributed by atoms with Gasteiger partial charge in [-0.3, -0.25) is 4.79 Å². The van der Waals surface area contributed by atoms with Crippen LogP contribution in [0, 0.1) is 0 Å². The summed E-state index contributed by atoms with van der Waals surface area (Å²) in [6, 6.07) is 7.55. The molecule has 0 radical (unpaired) electrons. The molecule has 98 valence electrons. The third-order valence-corrected chi connectivity index (χ3v) is 3.35. The molecule has 2 aromatic rings. The molecule has 0 unspecified atom stereocenters. The number of hydrogen-bond donors (Lipinski definition) is 2. The summed E-state index contributed by atoms with van der Waals surface area (Å²) in [6.07, 6.45) is 1.69. The first-order valence-corrected chi connectivity index (χ1v) is 6.90. The highest BCUT2D eigenvalue weighted by Gasteiger charge is 2.06. The number of nitrogens with zero attached hydrogens (tertiary/aromatic N) is 3. The van der Waals surface area contributed by atoms with Gasteiger partial charge >= 0.3 is 0 Å². The van der Waals surface area contributed by atoms with E-state index in [1.54, 1.807) is 6.21 Å². The minimum absolute atomic E-state index is 0.118. The number of carbonyl (C=O) groups excluding carboxylic acids is 1. The third-order valence-electron chi connectivity index (χ3n) is 2.07. The molecule has 0 fully saturated rings. The van der Waals surface area contributed by atoms with Crippen molar-refractivity contribution in [1.29, 1.82) is 0 Å². The highest BCUT2D eigenvalue weighted by atomic mass is 79.9. The fourth-order valence-electron chi connectivity index (χ4n) is 1.24. The van der Waals surface area contributed by atoms with Crippen LogP contribution in [-0.2, 0) is 11.2 Å². The van der Waals surface area contributed by atoms with Gasteiger partial charge in [0.05, 0.1) is 12.6 Å². The fourth-order valence-corrected chi connectivity index (χ4v) is 2.11. The van der Waals surface area contributed by atoms with E-state index in [4.69, 9.17) is 5.73 Å². The Bertz CT molecular complexity index is 595. The van der Waals surface area contributed by atoms with Crippen LogP contribution >= 0.6 is 27.3 Å². The Labute approximate surface area is 121 Å². The van der Waals surface area contributed by atoms with Gasteiger partial charge in [-0.2, -0.15) is 5.10 Å². The Morgan fingerprint density at radius 1 is 1.42 bits per heavy atom. The highest BCUT2D eigenvalue weighted by Crippen LogP contribution is 2.11. The van der Waals surface area contributed by atoms with Crippen molar-refractivity contribution in [3.05, 3.63) is 39.3 Å². The maximum absolute atomic E-state index is 11.5. The minimum Gasteiger partial charge on any atom is -0.374 e. The van der Waals surface area contributed by atoms with Crippen LogP contribution in [0.5, 0.6) is 0 Å². The first-order valence-electron chi connectivity index (χ1n) is 5.29. The Hall–Kier alpha value is -1.80. The van der Waals surface area contributed by atoms with Crippen molar-refractivity contribution in [2.75, 3.05) is 5.73 Å². The summed E-state index contributed by atoms with van der Waals surface area (Å²) in [5.74, 6) is -0.260. The van der Waals surface area contributed by atoms with Gasteiger partial charge in [-0.15, -0.1) is 10.2 Å². The lowest BCUT2D eigenvalue weighted by Crippen LogP contribution is -2.19. The van der Waals surface area contributed by atoms with E-state index in [0.717, 1.165) is 10.0 Å². The summed E-state index contributed by atoms with van der Waals surface area (Å²) >= 11 is 4.52. The van der Waals surface area contributed by atoms with Crippen molar-refractivity contribution in [3.8, 4) is 0 Å². The molecule has 0 bridgehead atoms. The lowest BCUT2D eigenvalue weighted by atomic mass is 10.2. The molecule has 19 heavy (non-hydrogen) atoms. The van der Waals surface area contributed by atoms with Crippen molar-refractivity contribution in [2.45, 2.75) is 6.42 Å². The second kappa shape index (κ2) is 6.39. The smallest absolute Gasteiger partial charge is 0.247 e. The maximum atomic E-state index is 11.5. The summed E-state index contributed by atoms with van der Waals surface area (Å²) in [5.41, 5.74) is 8.74. The molecule has 0 aliphatic heterocycles. The van der Waals surface area contributed by atoms with E-state index in [1.807, 2.05) is 24.3 Å². The molecule has 1 aromatic heterocycles. The molecule has 0 atom stereocenters. The first-order chi connectivity index (χ1) is 9.13. The van der Waals surface area contributed by atoms with Gasteiger partial charge in [0.2, 0.25) is 11.0 Å². The van der Waals surface area contributed by atoms with Gasteiger partial charge in [-0.1, -0.05) is 39.4 Å². The van der Waals surface area contributed by atoms with Crippen LogP contribution in [0.15, 0.2) is 33.8 Å². The van der Waals surface area contributed by atoms with Gasteiger partial charge in [-0.25, -0.2) is 5.43 Å². The number of halogens is 1. The van der Waals surface area contributed by atoms with Gasteiger partial charge < -0.3 is 5.73 Å². The SMILES string of the molecule is Nc1nnc(CC(=O)NN=Cc2ccc(Br)cc2)s1. The average molecular weight is 340 g/mol. The normalized spacial score (nSPS) is 10.8. The van der Waals surface area contributed by atoms with Crippen molar-refractivity contribution in [2.24, 2.45) is 5.10 Å². The van der Waals surface area contributed by atoms with Crippen LogP contribution in [0.4, 0.5) is 5.13 Å². The number of aromatic nitrogens is 2. The van der Waals surface area contributed by atoms with Crippen molar-refractivity contribution in [1.82, 2.24) is 15.6 Å². The number of carbonyl (C=O) groups is 1. The second-order valence-corrected chi connectivity index (χ2v) is 5.56. The van der Waals surface area contributed by atoms with E-state index in [0.29, 0.717) is 10.1 Å². The van der Waals surface area contributed by atoms with Gasteiger partial charge in [0.1, 0.15) is 5.01 Å². The van der Waals surface area contributed by atoms with Gasteiger partial charge in [0.25, 0.3) is 0 Å². The lowest BCUT2D eigenvalue weighted by molar-refractivity contribution is -0.120. The summed E-state index contributed by atoms with van der Waals surface area (Å²) < 4.78 is 0.988. The van der Waals surface area contributed by atoms with Crippen LogP contribution in [-0.4, -0.2) is 22.3 Å². The summed E-state index contributed by atoms with van der Waals surface area (Å²) in [5, 5.41) is 12.2. The fraction of sp³-hybridized carbons (Fsp3) is 0.0909. The molecule has 1 amide bonds. The van der Waals surface area contributed by atoms with Crippen LogP contribution in [0.25, 0.3) is 0 Å². The zero-order chi connectivity index (χ0) is 13.7. The zero-order valence-electron chi connectivity index (χ0n) is 9.71. The largest absolute Gasteiger partial charge is 0.374 e. The maximum Gasteiger partial charge on any atom is 0.247 e. The average Bonchev–Trinajstić information content (AvgIpc) is 2.77. The molecule has 1 heterocycles. The summed E-state index contributed by atoms with van der Waals surface area (Å²) in [7, 11) is 0. The molecule has 3 N–H and O–H groups in total. The number of nitrogen functional groups attached to an aromatic ring is 1. The number of anilines is 1. The topological polar surface area (TPSA) is 93.3 Å². The molecule has 0 spiro atoms. The molecular weight excluding hydrogens is 330 g/mol. The molecule has 0 saturated carbocycles. The Kier molecular flexibility index (Phi) is 4.58. The highest BCUT2D eigenvalue weighted by molar-refractivity contribution is 9.10. The van der Waals surface area contributed by atoms with Crippen LogP contribution in [0.3, 0.4) is 0 Å². The molecule has 0 aliphatic carbocycles. The quantitative estimate of drug-likeness (QED) is 0.653. The second-order valence-electron chi connectivity index (χ2n) is 3.56. The number of hydrazone groups is 1. The number of amides is 1. The lowest BCUT2D eigenvalue weighted by Gasteiger charge is -1.96. The standard InChI is InChI=1S/C11H10BrN5OS/c12-8-3-1-7(2-4-8)6-14-15-9(18)5-10-16-17-11(13)19-10/h1-4,6H,5H2,(H2,13,17)(H,15,18). The molecule has 2 rings (SSSR count). The van der Waals surface area contributed by atoms with Gasteiger partial charge in [-0.05, 0) is 17.7 Å². The number of nitrogens with one attached hydrogen (secondary N) is 1. The Balaban J connectivity index is 1.84. The zero-order valence-corrected chi connectivity index (χ0v) is 12.1. The molecule has 1 aromatic carbocycles. The van der Waals surface area contributed by atoms with Crippen LogP contribution in [0.2, 0.25) is 0 Å². The molecule has 0 saturated heterocycles. The Morgan fingerprint density at radius 3 is 2.79 bits per heavy atom. The monoisotopic (exact) mass is 339 g/mol. The van der Waals surface area contributed by atoms with E-state index < -0.39 is 0 Å². The summed E-state index contributed by atoms with van der Waals surface area (Å²) in [4.78, 5) is 11.5. The van der Waals surface area contributed by atoms with Crippen molar-refractivity contribution >= 4 is 44.5 Å². The van der Waals surface area contributed by atoms with E-state index in [1.165, 1.54) is 11.3 Å². The van der Waals surface area contributed by atoms with E-state index in [2.05, 4.69) is 36.7 Å². The van der Waals surface area contributed by atoms with Crippen molar-refractivity contribution in [3.63, 3.8) is 0 Å². The molecule has 0 aliphatic rings. The molecular formula is C11H10BrN5OS. The van der Waals surface area contributed by atoms with Gasteiger partial charge in [0.15, 0.2) is 0 Å². The van der Waals surface area contributed by atoms with E-state index in [-0.39, 0.29) is 12.3 Å². The number of benzene rings is 1. The van der Waals surface area contributed by atoms with Crippen molar-refractivity contribution < 1.29 is 4.79 Å². The minimum atomic E-state index is -0.260. The van der Waals surface area contributed by atoms with Crippen LogP contribution < -0.4 is 11.2 Å². The summed E-state index contributed by atoms with van der Waals surface area (Å²) in [6.45, 7) is 0. The van der Waals surface area contributed by atoms with E-state index >= 15 is 0 Å². The molecule has 8 heteroatoms. The van der Waals surface area contributed by atoms with Gasteiger partial charge in [0, 0.05) is 4.47 Å². The Morgan fingerprint density at radius 2 is 2.16 bits per heavy atom. The third kappa shape index (κ3) is 4.42. The van der Waals surface area contributed by atoms with E-state index in [9.17, 15) is 4.79 Å². The van der Waals surface area contributed by atoms with Crippen LogP contribution in [0.1, 0.15) is 10.6 Å². The molecule has 6 nitrogen and oxygen atoms in total. The predicted octanol–water partition coefficient (Wildman–Crippen LogP) is 1.58.